The Labute approximate surface area is 84.9 Å². The molecule has 1 fully saturated rings. The van der Waals surface area contributed by atoms with Crippen LogP contribution >= 0.6 is 0 Å². The van der Waals surface area contributed by atoms with Gasteiger partial charge < -0.3 is 16.2 Å². The average Bonchev–Trinajstić information content (AvgIpc) is 2.20. The Bertz CT molecular complexity index is 189. The maximum absolute atomic E-state index is 11.3. The second-order valence-corrected chi connectivity index (χ2v) is 4.25. The number of amides is 1. The highest BCUT2D eigenvalue weighted by Crippen LogP contribution is 2.23. The highest BCUT2D eigenvalue weighted by atomic mass is 16.3. The highest BCUT2D eigenvalue weighted by molar-refractivity contribution is 5.81. The second-order valence-electron chi connectivity index (χ2n) is 4.25. The Morgan fingerprint density at radius 1 is 1.50 bits per heavy atom. The quantitative estimate of drug-likeness (QED) is 0.600. The van der Waals surface area contributed by atoms with Crippen molar-refractivity contribution in [3.8, 4) is 0 Å². The molecule has 82 valence electrons. The molecule has 1 saturated carbocycles. The van der Waals surface area contributed by atoms with E-state index in [9.17, 15) is 4.79 Å². The van der Waals surface area contributed by atoms with Gasteiger partial charge in [0.1, 0.15) is 6.04 Å². The number of aliphatic hydroxyl groups excluding tert-OH is 1. The summed E-state index contributed by atoms with van der Waals surface area (Å²) in [7, 11) is 0. The lowest BCUT2D eigenvalue weighted by atomic mass is 9.87. The molecule has 4 heteroatoms. The second kappa shape index (κ2) is 5.32. The third-order valence-corrected chi connectivity index (χ3v) is 2.90. The van der Waals surface area contributed by atoms with Crippen LogP contribution in [-0.2, 0) is 4.79 Å². The fraction of sp³-hybridized carbons (Fsp3) is 0.900. The summed E-state index contributed by atoms with van der Waals surface area (Å²) in [6, 6.07) is -0.509. The maximum Gasteiger partial charge on any atom is 0.239 e. The number of carbonyl (C=O) groups is 1. The molecule has 0 spiro atoms. The maximum atomic E-state index is 11.3. The van der Waals surface area contributed by atoms with E-state index in [1.54, 1.807) is 0 Å². The molecule has 0 radical (unpaired) electrons. The molecule has 1 rings (SSSR count). The first-order valence-electron chi connectivity index (χ1n) is 5.30. The lowest BCUT2D eigenvalue weighted by Gasteiger charge is -2.27. The zero-order valence-electron chi connectivity index (χ0n) is 8.70. The lowest BCUT2D eigenvalue weighted by Crippen LogP contribution is -2.47. The van der Waals surface area contributed by atoms with Gasteiger partial charge in [0.05, 0.1) is 6.61 Å². The first-order chi connectivity index (χ1) is 6.63. The van der Waals surface area contributed by atoms with Gasteiger partial charge in [-0.1, -0.05) is 6.92 Å². The van der Waals surface area contributed by atoms with Gasteiger partial charge in [-0.3, -0.25) is 4.79 Å². The summed E-state index contributed by atoms with van der Waals surface area (Å²) in [5.41, 5.74) is 5.40. The van der Waals surface area contributed by atoms with Crippen LogP contribution in [0.25, 0.3) is 0 Å². The summed E-state index contributed by atoms with van der Waals surface area (Å²) in [4.78, 5) is 11.3. The van der Waals surface area contributed by atoms with Crippen molar-refractivity contribution in [1.29, 1.82) is 0 Å². The molecule has 4 nitrogen and oxygen atoms in total. The fourth-order valence-corrected chi connectivity index (χ4v) is 1.80. The number of nitrogens with one attached hydrogen (secondary N) is 1. The van der Waals surface area contributed by atoms with Crippen LogP contribution in [0.2, 0.25) is 0 Å². The fourth-order valence-electron chi connectivity index (χ4n) is 1.80. The number of aliphatic hydroxyl groups is 1. The average molecular weight is 200 g/mol. The summed E-state index contributed by atoms with van der Waals surface area (Å²) >= 11 is 0. The number of hydrogen-bond acceptors (Lipinski definition) is 3. The van der Waals surface area contributed by atoms with Crippen LogP contribution in [0.15, 0.2) is 0 Å². The lowest BCUT2D eigenvalue weighted by molar-refractivity contribution is -0.124. The van der Waals surface area contributed by atoms with E-state index < -0.39 is 6.04 Å². The van der Waals surface area contributed by atoms with Gasteiger partial charge in [-0.25, -0.2) is 0 Å². The summed E-state index contributed by atoms with van der Waals surface area (Å²) in [5, 5.41) is 11.6. The Morgan fingerprint density at radius 3 is 2.57 bits per heavy atom. The predicted octanol–water partition coefficient (Wildman–Crippen LogP) is 0.000900. The molecule has 0 unspecified atom stereocenters. The summed E-state index contributed by atoms with van der Waals surface area (Å²) < 4.78 is 0. The predicted molar refractivity (Wildman–Crippen MR) is 54.6 cm³/mol. The number of nitrogens with two attached hydrogens (primary N) is 1. The molecule has 0 aromatic rings. The van der Waals surface area contributed by atoms with E-state index >= 15 is 0 Å². The van der Waals surface area contributed by atoms with E-state index in [0.29, 0.717) is 0 Å². The third kappa shape index (κ3) is 3.27. The van der Waals surface area contributed by atoms with Crippen molar-refractivity contribution in [2.45, 2.75) is 44.7 Å². The normalized spacial score (nSPS) is 29.6. The molecule has 1 aliphatic carbocycles. The summed E-state index contributed by atoms with van der Waals surface area (Å²) in [6.07, 6.45) is 4.40. The van der Waals surface area contributed by atoms with Crippen molar-refractivity contribution < 1.29 is 9.90 Å². The molecule has 1 atom stereocenters. The minimum atomic E-state index is -0.769. The van der Waals surface area contributed by atoms with Gasteiger partial charge in [0.25, 0.3) is 0 Å². The first-order valence-corrected chi connectivity index (χ1v) is 5.30. The third-order valence-electron chi connectivity index (χ3n) is 2.90. The molecular formula is C10H20N2O2. The monoisotopic (exact) mass is 200 g/mol. The van der Waals surface area contributed by atoms with E-state index in [1.165, 1.54) is 12.8 Å². The summed E-state index contributed by atoms with van der Waals surface area (Å²) in [6.45, 7) is 1.95. The number of hydrogen-bond donors (Lipinski definition) is 3. The Kier molecular flexibility index (Phi) is 4.35. The van der Waals surface area contributed by atoms with Crippen molar-refractivity contribution >= 4 is 5.91 Å². The Morgan fingerprint density at radius 2 is 2.07 bits per heavy atom. The molecule has 0 heterocycles. The van der Waals surface area contributed by atoms with Crippen LogP contribution in [0.1, 0.15) is 32.6 Å². The standard InChI is InChI=1S/C10H20N2O2/c1-7-2-4-8(5-3-7)12-10(14)9(11)6-13/h7-9,13H,2-6,11H2,1H3,(H,12,14)/t7?,8?,9-/m0/s1. The van der Waals surface area contributed by atoms with E-state index in [0.717, 1.165) is 18.8 Å². The van der Waals surface area contributed by atoms with Crippen LogP contribution in [-0.4, -0.2) is 29.7 Å². The van der Waals surface area contributed by atoms with Gasteiger partial charge >= 0.3 is 0 Å². The molecule has 0 aromatic heterocycles. The molecule has 1 aliphatic rings. The van der Waals surface area contributed by atoms with E-state index in [2.05, 4.69) is 12.2 Å². The van der Waals surface area contributed by atoms with Gasteiger partial charge in [-0.15, -0.1) is 0 Å². The topological polar surface area (TPSA) is 75.4 Å². The molecule has 0 aromatic carbocycles. The molecule has 1 amide bonds. The highest BCUT2D eigenvalue weighted by Gasteiger charge is 2.21. The van der Waals surface area contributed by atoms with Crippen molar-refractivity contribution in [3.63, 3.8) is 0 Å². The zero-order chi connectivity index (χ0) is 10.6. The SMILES string of the molecule is CC1CCC(NC(=O)[C@@H](N)CO)CC1. The van der Waals surface area contributed by atoms with Crippen LogP contribution in [0, 0.1) is 5.92 Å². The van der Waals surface area contributed by atoms with E-state index in [-0.39, 0.29) is 18.6 Å². The minimum Gasteiger partial charge on any atom is -0.394 e. The molecular weight excluding hydrogens is 180 g/mol. The van der Waals surface area contributed by atoms with Gasteiger partial charge in [0.15, 0.2) is 0 Å². The van der Waals surface area contributed by atoms with E-state index in [1.807, 2.05) is 0 Å². The smallest absolute Gasteiger partial charge is 0.239 e. The van der Waals surface area contributed by atoms with Gasteiger partial charge in [0, 0.05) is 6.04 Å². The van der Waals surface area contributed by atoms with E-state index in [4.69, 9.17) is 10.8 Å². The van der Waals surface area contributed by atoms with Gasteiger partial charge in [0.2, 0.25) is 5.91 Å². The van der Waals surface area contributed by atoms with Crippen molar-refractivity contribution in [2.75, 3.05) is 6.61 Å². The summed E-state index contributed by atoms with van der Waals surface area (Å²) in [5.74, 6) is 0.543. The molecule has 4 N–H and O–H groups in total. The van der Waals surface area contributed by atoms with Crippen LogP contribution in [0.5, 0.6) is 0 Å². The minimum absolute atomic E-state index is 0.230. The van der Waals surface area contributed by atoms with Gasteiger partial charge in [-0.05, 0) is 31.6 Å². The zero-order valence-corrected chi connectivity index (χ0v) is 8.70. The van der Waals surface area contributed by atoms with Crippen molar-refractivity contribution in [2.24, 2.45) is 11.7 Å². The molecule has 0 saturated heterocycles. The number of rotatable bonds is 3. The Hall–Kier alpha value is -0.610. The number of carbonyl (C=O) groups excluding carboxylic acids is 1. The first kappa shape index (κ1) is 11.5. The molecule has 0 aliphatic heterocycles. The largest absolute Gasteiger partial charge is 0.394 e. The molecule has 14 heavy (non-hydrogen) atoms. The van der Waals surface area contributed by atoms with Crippen LogP contribution in [0.3, 0.4) is 0 Å². The van der Waals surface area contributed by atoms with Gasteiger partial charge in [-0.2, -0.15) is 0 Å². The van der Waals surface area contributed by atoms with Crippen LogP contribution in [0.4, 0.5) is 0 Å². The van der Waals surface area contributed by atoms with Crippen LogP contribution < -0.4 is 11.1 Å². The Balaban J connectivity index is 2.27. The van der Waals surface area contributed by atoms with Crippen molar-refractivity contribution in [3.05, 3.63) is 0 Å². The molecule has 0 bridgehead atoms. The van der Waals surface area contributed by atoms with Crippen molar-refractivity contribution in [1.82, 2.24) is 5.32 Å².